The molecule has 0 aromatic heterocycles. The molecule has 0 amide bonds. The summed E-state index contributed by atoms with van der Waals surface area (Å²) >= 11 is 0. The van der Waals surface area contributed by atoms with Crippen LogP contribution < -0.4 is 4.74 Å². The fraction of sp³-hybridized carbons (Fsp3) is 0.111. The van der Waals surface area contributed by atoms with Crippen molar-refractivity contribution in [3.05, 3.63) is 70.8 Å². The fourth-order valence-electron chi connectivity index (χ4n) is 1.97. The molecule has 2 rings (SSSR count). The number of rotatable bonds is 5. The third kappa shape index (κ3) is 4.48. The Hall–Kier alpha value is -3.00. The molecular formula is C18H13F2NO2. The second-order valence-electron chi connectivity index (χ2n) is 4.81. The SMILES string of the molecule is Cc1ccc(OC(F)F)c(C(=O)/C=C/c2ccc(C#N)cc2)c1. The molecule has 2 aromatic carbocycles. The van der Waals surface area contributed by atoms with Gasteiger partial charge in [0.1, 0.15) is 5.75 Å². The molecule has 3 nitrogen and oxygen atoms in total. The van der Waals surface area contributed by atoms with Crippen LogP contribution in [0.15, 0.2) is 48.5 Å². The van der Waals surface area contributed by atoms with E-state index in [1.54, 1.807) is 43.3 Å². The topological polar surface area (TPSA) is 50.1 Å². The Balaban J connectivity index is 2.24. The highest BCUT2D eigenvalue weighted by Crippen LogP contribution is 2.23. The van der Waals surface area contributed by atoms with Crippen molar-refractivity contribution in [1.29, 1.82) is 5.26 Å². The first-order valence-corrected chi connectivity index (χ1v) is 6.77. The first-order valence-electron chi connectivity index (χ1n) is 6.77. The monoisotopic (exact) mass is 313 g/mol. The maximum Gasteiger partial charge on any atom is 0.387 e. The number of hydrogen-bond acceptors (Lipinski definition) is 3. The van der Waals surface area contributed by atoms with E-state index in [9.17, 15) is 13.6 Å². The number of nitrogens with zero attached hydrogens (tertiary/aromatic N) is 1. The molecule has 0 saturated carbocycles. The Morgan fingerprint density at radius 2 is 1.91 bits per heavy atom. The summed E-state index contributed by atoms with van der Waals surface area (Å²) in [5, 5.41) is 8.73. The summed E-state index contributed by atoms with van der Waals surface area (Å²) < 4.78 is 29.2. The number of carbonyl (C=O) groups excluding carboxylic acids is 1. The van der Waals surface area contributed by atoms with Gasteiger partial charge in [0.2, 0.25) is 0 Å². The van der Waals surface area contributed by atoms with Gasteiger partial charge in [0.15, 0.2) is 5.78 Å². The van der Waals surface area contributed by atoms with Gasteiger partial charge in [-0.15, -0.1) is 0 Å². The maximum atomic E-state index is 12.4. The molecule has 0 saturated heterocycles. The van der Waals surface area contributed by atoms with Crippen LogP contribution in [0.3, 0.4) is 0 Å². The lowest BCUT2D eigenvalue weighted by atomic mass is 10.0. The van der Waals surface area contributed by atoms with Crippen LogP contribution in [0.1, 0.15) is 27.0 Å². The van der Waals surface area contributed by atoms with Crippen LogP contribution in [-0.2, 0) is 0 Å². The van der Waals surface area contributed by atoms with Crippen LogP contribution in [-0.4, -0.2) is 12.4 Å². The predicted octanol–water partition coefficient (Wildman–Crippen LogP) is 4.36. The molecule has 0 unspecified atom stereocenters. The molecular weight excluding hydrogens is 300 g/mol. The number of nitriles is 1. The third-order valence-electron chi connectivity index (χ3n) is 3.08. The quantitative estimate of drug-likeness (QED) is 0.608. The minimum Gasteiger partial charge on any atom is -0.434 e. The largest absolute Gasteiger partial charge is 0.434 e. The lowest BCUT2D eigenvalue weighted by molar-refractivity contribution is -0.0501. The zero-order valence-corrected chi connectivity index (χ0v) is 12.3. The van der Waals surface area contributed by atoms with Crippen molar-refractivity contribution in [3.63, 3.8) is 0 Å². The zero-order valence-electron chi connectivity index (χ0n) is 12.3. The fourth-order valence-corrected chi connectivity index (χ4v) is 1.97. The van der Waals surface area contributed by atoms with Gasteiger partial charge in [-0.2, -0.15) is 14.0 Å². The van der Waals surface area contributed by atoms with Crippen molar-refractivity contribution in [2.75, 3.05) is 0 Å². The molecule has 0 atom stereocenters. The Morgan fingerprint density at radius 3 is 2.52 bits per heavy atom. The average molecular weight is 313 g/mol. The van der Waals surface area contributed by atoms with E-state index in [1.807, 2.05) is 6.07 Å². The lowest BCUT2D eigenvalue weighted by Gasteiger charge is -2.09. The highest BCUT2D eigenvalue weighted by atomic mass is 19.3. The summed E-state index contributed by atoms with van der Waals surface area (Å²) in [6, 6.07) is 13.1. The van der Waals surface area contributed by atoms with Gasteiger partial charge >= 0.3 is 6.61 Å². The Kier molecular flexibility index (Phi) is 5.21. The summed E-state index contributed by atoms with van der Waals surface area (Å²) in [6.07, 6.45) is 2.84. The third-order valence-corrected chi connectivity index (χ3v) is 3.08. The second-order valence-corrected chi connectivity index (χ2v) is 4.81. The smallest absolute Gasteiger partial charge is 0.387 e. The van der Waals surface area contributed by atoms with Crippen molar-refractivity contribution in [2.45, 2.75) is 13.5 Å². The number of hydrogen-bond donors (Lipinski definition) is 0. The number of benzene rings is 2. The van der Waals surface area contributed by atoms with Gasteiger partial charge in [-0.3, -0.25) is 4.79 Å². The number of aryl methyl sites for hydroxylation is 1. The first-order chi connectivity index (χ1) is 11.0. The van der Waals surface area contributed by atoms with E-state index in [4.69, 9.17) is 5.26 Å². The minimum atomic E-state index is -2.99. The standard InChI is InChI=1S/C18H13F2NO2/c1-12-2-9-17(23-18(19)20)15(10-12)16(22)8-7-13-3-5-14(11-21)6-4-13/h2-10,18H,1H3/b8-7+. The Labute approximate surface area is 132 Å². The Morgan fingerprint density at radius 1 is 1.22 bits per heavy atom. The predicted molar refractivity (Wildman–Crippen MR) is 82.3 cm³/mol. The number of carbonyl (C=O) groups is 1. The molecule has 23 heavy (non-hydrogen) atoms. The van der Waals surface area contributed by atoms with Crippen molar-refractivity contribution in [2.24, 2.45) is 0 Å². The summed E-state index contributed by atoms with van der Waals surface area (Å²) in [5.74, 6) is -0.589. The van der Waals surface area contributed by atoms with E-state index >= 15 is 0 Å². The molecule has 0 heterocycles. The molecule has 2 aromatic rings. The minimum absolute atomic E-state index is 0.0789. The number of allylic oxidation sites excluding steroid dienone is 1. The van der Waals surface area contributed by atoms with Crippen LogP contribution in [0.5, 0.6) is 5.75 Å². The van der Waals surface area contributed by atoms with Crippen molar-refractivity contribution in [3.8, 4) is 11.8 Å². The van der Waals surface area contributed by atoms with Gasteiger partial charge < -0.3 is 4.74 Å². The van der Waals surface area contributed by atoms with Crippen LogP contribution in [0, 0.1) is 18.3 Å². The van der Waals surface area contributed by atoms with Gasteiger partial charge in [-0.1, -0.05) is 29.8 Å². The molecule has 0 radical (unpaired) electrons. The van der Waals surface area contributed by atoms with Gasteiger partial charge in [-0.05, 0) is 42.8 Å². The van der Waals surface area contributed by atoms with Gasteiger partial charge in [0.05, 0.1) is 17.2 Å². The number of ether oxygens (including phenoxy) is 1. The van der Waals surface area contributed by atoms with Crippen LogP contribution in [0.25, 0.3) is 6.08 Å². The zero-order chi connectivity index (χ0) is 16.8. The summed E-state index contributed by atoms with van der Waals surface area (Å²) in [4.78, 5) is 12.2. The highest BCUT2D eigenvalue weighted by molar-refractivity contribution is 6.08. The molecule has 5 heteroatoms. The average Bonchev–Trinajstić information content (AvgIpc) is 2.54. The molecule has 116 valence electrons. The van der Waals surface area contributed by atoms with Gasteiger partial charge in [0.25, 0.3) is 0 Å². The van der Waals surface area contributed by atoms with E-state index in [1.165, 1.54) is 18.2 Å². The lowest BCUT2D eigenvalue weighted by Crippen LogP contribution is -2.07. The summed E-state index contributed by atoms with van der Waals surface area (Å²) in [5.41, 5.74) is 2.08. The van der Waals surface area contributed by atoms with E-state index < -0.39 is 12.4 Å². The summed E-state index contributed by atoms with van der Waals surface area (Å²) in [6.45, 7) is -1.24. The van der Waals surface area contributed by atoms with Gasteiger partial charge in [0, 0.05) is 0 Å². The maximum absolute atomic E-state index is 12.4. The number of ketones is 1. The van der Waals surface area contributed by atoms with Crippen molar-refractivity contribution < 1.29 is 18.3 Å². The first kappa shape index (κ1) is 16.4. The van der Waals surface area contributed by atoms with Crippen LogP contribution in [0.2, 0.25) is 0 Å². The molecule has 0 spiro atoms. The van der Waals surface area contributed by atoms with E-state index in [0.29, 0.717) is 5.56 Å². The van der Waals surface area contributed by atoms with Crippen LogP contribution in [0.4, 0.5) is 8.78 Å². The number of halogens is 2. The molecule has 0 fully saturated rings. The Bertz CT molecular complexity index is 775. The molecule has 0 bridgehead atoms. The second kappa shape index (κ2) is 7.32. The number of alkyl halides is 2. The molecule has 0 aliphatic heterocycles. The van der Waals surface area contributed by atoms with Crippen molar-refractivity contribution >= 4 is 11.9 Å². The van der Waals surface area contributed by atoms with Crippen LogP contribution >= 0.6 is 0 Å². The normalized spacial score (nSPS) is 10.7. The van der Waals surface area contributed by atoms with E-state index in [2.05, 4.69) is 4.74 Å². The summed E-state index contributed by atoms with van der Waals surface area (Å²) in [7, 11) is 0. The van der Waals surface area contributed by atoms with Gasteiger partial charge in [-0.25, -0.2) is 0 Å². The van der Waals surface area contributed by atoms with Crippen molar-refractivity contribution in [1.82, 2.24) is 0 Å². The molecule has 0 aliphatic carbocycles. The molecule has 0 aliphatic rings. The van der Waals surface area contributed by atoms with E-state index in [-0.39, 0.29) is 11.3 Å². The molecule has 0 N–H and O–H groups in total. The highest BCUT2D eigenvalue weighted by Gasteiger charge is 2.14. The van der Waals surface area contributed by atoms with E-state index in [0.717, 1.165) is 11.1 Å².